The highest BCUT2D eigenvalue weighted by Crippen LogP contribution is 2.09. The third-order valence-electron chi connectivity index (χ3n) is 1.90. The molecule has 1 fully saturated rings. The molecule has 1 saturated heterocycles. The Balaban J connectivity index is 2.44. The number of hydrogen-bond donors (Lipinski definition) is 2. The Kier molecular flexibility index (Phi) is 3.47. The molecule has 1 rings (SSSR count). The molecule has 5 nitrogen and oxygen atoms in total. The molecular formula is C9H19N3O2. The lowest BCUT2D eigenvalue weighted by Crippen LogP contribution is -2.57. The quantitative estimate of drug-likeness (QED) is 0.441. The molecule has 14 heavy (non-hydrogen) atoms. The Hall–Kier alpha value is -0.650. The van der Waals surface area contributed by atoms with Crippen molar-refractivity contribution in [1.29, 1.82) is 0 Å². The average Bonchev–Trinajstić information content (AvgIpc) is 2.01. The molecule has 0 saturated carbocycles. The van der Waals surface area contributed by atoms with Gasteiger partial charge in [0.25, 0.3) is 0 Å². The summed E-state index contributed by atoms with van der Waals surface area (Å²) in [5.41, 5.74) is -0.435. The lowest BCUT2D eigenvalue weighted by molar-refractivity contribution is -0.158. The molecule has 0 aliphatic carbocycles. The molecular weight excluding hydrogens is 182 g/mol. The molecule has 0 unspecified atom stereocenters. The van der Waals surface area contributed by atoms with Crippen LogP contribution in [0.15, 0.2) is 0 Å². The Morgan fingerprint density at radius 2 is 2.21 bits per heavy atom. The van der Waals surface area contributed by atoms with E-state index >= 15 is 0 Å². The van der Waals surface area contributed by atoms with Gasteiger partial charge in [-0.15, -0.1) is 0 Å². The predicted molar refractivity (Wildman–Crippen MR) is 53.4 cm³/mol. The maximum Gasteiger partial charge on any atom is 0.325 e. The Morgan fingerprint density at radius 3 is 2.71 bits per heavy atom. The largest absolute Gasteiger partial charge is 0.459 e. The van der Waals surface area contributed by atoms with Gasteiger partial charge in [0, 0.05) is 19.6 Å². The van der Waals surface area contributed by atoms with Crippen molar-refractivity contribution in [3.05, 3.63) is 0 Å². The number of piperazine rings is 1. The minimum Gasteiger partial charge on any atom is -0.459 e. The molecule has 82 valence electrons. The molecule has 1 heterocycles. The fraction of sp³-hybridized carbons (Fsp3) is 0.889. The standard InChI is InChI=1S/C9H19N3O2/c1-9(2,3)14-8(13)7-6-12(10)5-4-11-7/h7,11H,4-6,10H2,1-3H3/t7-/m1/s1. The van der Waals surface area contributed by atoms with Crippen LogP contribution in [-0.2, 0) is 9.53 Å². The van der Waals surface area contributed by atoms with Crippen molar-refractivity contribution in [2.75, 3.05) is 19.6 Å². The lowest BCUT2D eigenvalue weighted by atomic mass is 10.1. The number of nitrogens with zero attached hydrogens (tertiary/aromatic N) is 1. The molecule has 0 aromatic carbocycles. The third kappa shape index (κ3) is 3.61. The Morgan fingerprint density at radius 1 is 1.57 bits per heavy atom. The van der Waals surface area contributed by atoms with E-state index in [0.29, 0.717) is 6.54 Å². The number of carbonyl (C=O) groups is 1. The monoisotopic (exact) mass is 201 g/mol. The first-order valence-electron chi connectivity index (χ1n) is 4.84. The topological polar surface area (TPSA) is 67.6 Å². The van der Waals surface area contributed by atoms with Crippen molar-refractivity contribution < 1.29 is 9.53 Å². The normalized spacial score (nSPS) is 24.7. The lowest BCUT2D eigenvalue weighted by Gasteiger charge is -2.31. The van der Waals surface area contributed by atoms with Gasteiger partial charge in [-0.2, -0.15) is 0 Å². The Labute approximate surface area is 84.5 Å². The summed E-state index contributed by atoms with van der Waals surface area (Å²) in [4.78, 5) is 11.6. The van der Waals surface area contributed by atoms with Crippen LogP contribution in [0.1, 0.15) is 20.8 Å². The van der Waals surface area contributed by atoms with E-state index in [-0.39, 0.29) is 12.0 Å². The van der Waals surface area contributed by atoms with E-state index in [1.807, 2.05) is 20.8 Å². The van der Waals surface area contributed by atoms with Crippen LogP contribution >= 0.6 is 0 Å². The molecule has 0 aromatic heterocycles. The van der Waals surface area contributed by atoms with Crippen molar-refractivity contribution >= 4 is 5.97 Å². The zero-order valence-corrected chi connectivity index (χ0v) is 9.04. The third-order valence-corrected chi connectivity index (χ3v) is 1.90. The molecule has 3 N–H and O–H groups in total. The van der Waals surface area contributed by atoms with Crippen molar-refractivity contribution in [2.45, 2.75) is 32.4 Å². The summed E-state index contributed by atoms with van der Waals surface area (Å²) in [7, 11) is 0. The van der Waals surface area contributed by atoms with E-state index in [1.165, 1.54) is 0 Å². The maximum absolute atomic E-state index is 11.6. The second kappa shape index (κ2) is 4.25. The van der Waals surface area contributed by atoms with Crippen LogP contribution in [0.4, 0.5) is 0 Å². The van der Waals surface area contributed by atoms with Crippen LogP contribution < -0.4 is 11.2 Å². The molecule has 0 spiro atoms. The summed E-state index contributed by atoms with van der Waals surface area (Å²) in [5.74, 6) is 5.38. The number of esters is 1. The minimum absolute atomic E-state index is 0.229. The zero-order chi connectivity index (χ0) is 10.8. The highest BCUT2D eigenvalue weighted by molar-refractivity contribution is 5.76. The van der Waals surface area contributed by atoms with Gasteiger partial charge in [-0.3, -0.25) is 10.6 Å². The van der Waals surface area contributed by atoms with E-state index in [0.717, 1.165) is 13.1 Å². The van der Waals surface area contributed by atoms with Gasteiger partial charge in [-0.25, -0.2) is 5.01 Å². The molecule has 0 aromatic rings. The number of nitrogens with two attached hydrogens (primary N) is 1. The first kappa shape index (κ1) is 11.4. The van der Waals surface area contributed by atoms with Crippen molar-refractivity contribution in [1.82, 2.24) is 10.3 Å². The van der Waals surface area contributed by atoms with Gasteiger partial charge in [0.15, 0.2) is 0 Å². The van der Waals surface area contributed by atoms with Crippen LogP contribution in [0.3, 0.4) is 0 Å². The number of hydrazine groups is 1. The first-order chi connectivity index (χ1) is 6.38. The molecule has 5 heteroatoms. The van der Waals surface area contributed by atoms with E-state index in [2.05, 4.69) is 5.32 Å². The highest BCUT2D eigenvalue weighted by Gasteiger charge is 2.28. The van der Waals surface area contributed by atoms with Gasteiger partial charge in [0.1, 0.15) is 11.6 Å². The summed E-state index contributed by atoms with van der Waals surface area (Å²) in [6.45, 7) is 7.56. The fourth-order valence-corrected chi connectivity index (χ4v) is 1.30. The van der Waals surface area contributed by atoms with Gasteiger partial charge in [0.05, 0.1) is 0 Å². The van der Waals surface area contributed by atoms with E-state index in [4.69, 9.17) is 10.6 Å². The number of rotatable bonds is 1. The number of ether oxygens (including phenoxy) is 1. The predicted octanol–water partition coefficient (Wildman–Crippen LogP) is -0.524. The van der Waals surface area contributed by atoms with Crippen molar-refractivity contribution in [2.24, 2.45) is 5.84 Å². The van der Waals surface area contributed by atoms with Crippen LogP contribution in [0.5, 0.6) is 0 Å². The van der Waals surface area contributed by atoms with Crippen molar-refractivity contribution in [3.8, 4) is 0 Å². The highest BCUT2D eigenvalue weighted by atomic mass is 16.6. The zero-order valence-electron chi connectivity index (χ0n) is 9.04. The van der Waals surface area contributed by atoms with Gasteiger partial charge in [0.2, 0.25) is 0 Å². The van der Waals surface area contributed by atoms with Crippen LogP contribution in [0.2, 0.25) is 0 Å². The first-order valence-corrected chi connectivity index (χ1v) is 4.84. The number of nitrogens with one attached hydrogen (secondary N) is 1. The molecule has 1 aliphatic rings. The average molecular weight is 201 g/mol. The van der Waals surface area contributed by atoms with Crippen molar-refractivity contribution in [3.63, 3.8) is 0 Å². The van der Waals surface area contributed by atoms with E-state index < -0.39 is 5.60 Å². The molecule has 0 amide bonds. The van der Waals surface area contributed by atoms with Gasteiger partial charge in [-0.1, -0.05) is 0 Å². The smallest absolute Gasteiger partial charge is 0.325 e. The molecule has 0 radical (unpaired) electrons. The molecule has 1 aliphatic heterocycles. The van der Waals surface area contributed by atoms with Crippen LogP contribution in [0, 0.1) is 0 Å². The molecule has 1 atom stereocenters. The van der Waals surface area contributed by atoms with Gasteiger partial charge >= 0.3 is 5.97 Å². The van der Waals surface area contributed by atoms with Crippen LogP contribution in [-0.4, -0.2) is 42.3 Å². The second-order valence-electron chi connectivity index (χ2n) is 4.54. The maximum atomic E-state index is 11.6. The van der Waals surface area contributed by atoms with Gasteiger partial charge in [-0.05, 0) is 20.8 Å². The second-order valence-corrected chi connectivity index (χ2v) is 4.54. The summed E-state index contributed by atoms with van der Waals surface area (Å²) in [5, 5.41) is 4.71. The summed E-state index contributed by atoms with van der Waals surface area (Å²) < 4.78 is 5.24. The van der Waals surface area contributed by atoms with E-state index in [1.54, 1.807) is 5.01 Å². The summed E-state index contributed by atoms with van der Waals surface area (Å²) >= 11 is 0. The minimum atomic E-state index is -0.435. The SMILES string of the molecule is CC(C)(C)OC(=O)[C@H]1CN(N)CCN1. The number of carbonyl (C=O) groups excluding carboxylic acids is 1. The van der Waals surface area contributed by atoms with Crippen LogP contribution in [0.25, 0.3) is 0 Å². The summed E-state index contributed by atoms with van der Waals surface area (Å²) in [6.07, 6.45) is 0. The summed E-state index contributed by atoms with van der Waals surface area (Å²) in [6, 6.07) is -0.298. The van der Waals surface area contributed by atoms with E-state index in [9.17, 15) is 4.79 Å². The number of hydrogen-bond acceptors (Lipinski definition) is 5. The molecule has 0 bridgehead atoms. The fourth-order valence-electron chi connectivity index (χ4n) is 1.30. The Bertz CT molecular complexity index is 213. The van der Waals surface area contributed by atoms with Gasteiger partial charge < -0.3 is 10.1 Å².